The molecule has 0 aromatic carbocycles. The molecule has 2 heterocycles. The maximum atomic E-state index is 3.57. The monoisotopic (exact) mass is 139 g/mol. The molecule has 2 rings (SSSR count). The Morgan fingerprint density at radius 3 is 2.90 bits per heavy atom. The highest BCUT2D eigenvalue weighted by molar-refractivity contribution is 5.03. The molecule has 2 aliphatic heterocycles. The highest BCUT2D eigenvalue weighted by Gasteiger charge is 2.20. The van der Waals surface area contributed by atoms with Gasteiger partial charge in [-0.25, -0.2) is 0 Å². The molecule has 2 unspecified atom stereocenters. The predicted molar refractivity (Wildman–Crippen MR) is 45.1 cm³/mol. The Morgan fingerprint density at radius 1 is 1.30 bits per heavy atom. The lowest BCUT2D eigenvalue weighted by molar-refractivity contribution is 0.343. The van der Waals surface area contributed by atoms with Crippen LogP contribution < -0.4 is 5.32 Å². The Balaban J connectivity index is 0.000000500. The van der Waals surface area contributed by atoms with Gasteiger partial charge in [0, 0.05) is 12.1 Å². The predicted octanol–water partition coefficient (Wildman–Crippen LogP) is 2.09. The molecule has 0 aliphatic carbocycles. The van der Waals surface area contributed by atoms with Crippen LogP contribution in [0.5, 0.6) is 0 Å². The first-order valence-electron chi connectivity index (χ1n) is 3.88. The van der Waals surface area contributed by atoms with E-state index in [0.29, 0.717) is 0 Å². The smallest absolute Gasteiger partial charge is 0.0252 e. The van der Waals surface area contributed by atoms with Gasteiger partial charge in [-0.05, 0) is 19.3 Å². The van der Waals surface area contributed by atoms with Crippen LogP contribution >= 0.6 is 0 Å². The topological polar surface area (TPSA) is 12.0 Å². The second-order valence-electron chi connectivity index (χ2n) is 3.06. The third-order valence-corrected chi connectivity index (χ3v) is 2.31. The first kappa shape index (κ1) is 7.80. The lowest BCUT2D eigenvalue weighted by Gasteiger charge is -2.31. The van der Waals surface area contributed by atoms with Crippen LogP contribution in [0.3, 0.4) is 0 Å². The van der Waals surface area contributed by atoms with E-state index in [9.17, 15) is 0 Å². The van der Waals surface area contributed by atoms with Crippen LogP contribution in [-0.2, 0) is 0 Å². The summed E-state index contributed by atoms with van der Waals surface area (Å²) in [5, 5.41) is 3.57. The average Bonchev–Trinajstić information content (AvgIpc) is 1.88. The van der Waals surface area contributed by atoms with Gasteiger partial charge in [-0.2, -0.15) is 0 Å². The molecule has 0 spiro atoms. The van der Waals surface area contributed by atoms with E-state index in [4.69, 9.17) is 0 Å². The molecule has 0 aromatic rings. The Labute approximate surface area is 63.5 Å². The highest BCUT2D eigenvalue weighted by atomic mass is 15.0. The van der Waals surface area contributed by atoms with Gasteiger partial charge in [-0.15, -0.1) is 0 Å². The molecule has 0 radical (unpaired) electrons. The molecule has 1 N–H and O–H groups in total. The van der Waals surface area contributed by atoms with Crippen LogP contribution in [0.1, 0.15) is 33.1 Å². The fourth-order valence-corrected chi connectivity index (χ4v) is 1.80. The van der Waals surface area contributed by atoms with Gasteiger partial charge in [0.25, 0.3) is 0 Å². The summed E-state index contributed by atoms with van der Waals surface area (Å²) in [4.78, 5) is 0. The fourth-order valence-electron chi connectivity index (χ4n) is 1.80. The number of hydrogen-bond acceptors (Lipinski definition) is 1. The van der Waals surface area contributed by atoms with E-state index in [0.717, 1.165) is 12.1 Å². The van der Waals surface area contributed by atoms with E-state index in [-0.39, 0.29) is 7.43 Å². The van der Waals surface area contributed by atoms with Crippen molar-refractivity contribution in [1.29, 1.82) is 0 Å². The quantitative estimate of drug-likeness (QED) is 0.507. The number of piperidine rings is 1. The van der Waals surface area contributed by atoms with Gasteiger partial charge in [0.05, 0.1) is 0 Å². The van der Waals surface area contributed by atoms with E-state index in [1.54, 1.807) is 0 Å². The van der Waals surface area contributed by atoms with Crippen molar-refractivity contribution in [2.24, 2.45) is 0 Å². The average molecular weight is 139 g/mol. The van der Waals surface area contributed by atoms with Crippen molar-refractivity contribution >= 4 is 0 Å². The van der Waals surface area contributed by atoms with Gasteiger partial charge in [-0.1, -0.05) is 26.0 Å². The third kappa shape index (κ3) is 1.40. The molecule has 2 aliphatic rings. The van der Waals surface area contributed by atoms with Gasteiger partial charge < -0.3 is 5.32 Å². The molecule has 10 heavy (non-hydrogen) atoms. The third-order valence-electron chi connectivity index (χ3n) is 2.31. The molecule has 1 saturated heterocycles. The molecule has 2 bridgehead atoms. The van der Waals surface area contributed by atoms with Crippen LogP contribution in [0.4, 0.5) is 0 Å². The van der Waals surface area contributed by atoms with E-state index in [2.05, 4.69) is 17.5 Å². The van der Waals surface area contributed by atoms with E-state index < -0.39 is 0 Å². The van der Waals surface area contributed by atoms with Crippen LogP contribution in [-0.4, -0.2) is 12.1 Å². The zero-order valence-electron chi connectivity index (χ0n) is 5.64. The second kappa shape index (κ2) is 3.20. The summed E-state index contributed by atoms with van der Waals surface area (Å²) in [6, 6.07) is 1.53. The molecule has 0 aromatic heterocycles. The first-order valence-corrected chi connectivity index (χ1v) is 3.88. The molecule has 0 saturated carbocycles. The van der Waals surface area contributed by atoms with Crippen LogP contribution in [0.25, 0.3) is 0 Å². The van der Waals surface area contributed by atoms with Crippen molar-refractivity contribution in [2.45, 2.75) is 45.2 Å². The minimum atomic E-state index is 0. The standard InChI is InChI=1S/C8H13N.CH4/c1-3-7-5-2-6-8(4-1)9-7;/h1,3,7-9H,2,4-6H2;1H4. The molecular formula is C9H17N. The van der Waals surface area contributed by atoms with Gasteiger partial charge in [0.15, 0.2) is 0 Å². The number of fused-ring (bicyclic) bond motifs is 2. The Kier molecular flexibility index (Phi) is 2.50. The molecule has 0 amide bonds. The largest absolute Gasteiger partial charge is 0.307 e. The SMILES string of the molecule is C.C1=CC2CCCC(C1)N2. The summed E-state index contributed by atoms with van der Waals surface area (Å²) in [5.41, 5.74) is 0. The Hall–Kier alpha value is -0.300. The molecule has 58 valence electrons. The highest BCUT2D eigenvalue weighted by Crippen LogP contribution is 2.19. The second-order valence-corrected chi connectivity index (χ2v) is 3.06. The van der Waals surface area contributed by atoms with Crippen molar-refractivity contribution in [2.75, 3.05) is 0 Å². The zero-order valence-corrected chi connectivity index (χ0v) is 5.64. The summed E-state index contributed by atoms with van der Waals surface area (Å²) in [6.45, 7) is 0. The molecule has 2 atom stereocenters. The summed E-state index contributed by atoms with van der Waals surface area (Å²) in [6.07, 6.45) is 10.1. The van der Waals surface area contributed by atoms with Crippen molar-refractivity contribution < 1.29 is 0 Å². The zero-order chi connectivity index (χ0) is 6.10. The van der Waals surface area contributed by atoms with Gasteiger partial charge >= 0.3 is 0 Å². The van der Waals surface area contributed by atoms with Crippen molar-refractivity contribution in [3.63, 3.8) is 0 Å². The van der Waals surface area contributed by atoms with Crippen molar-refractivity contribution in [1.82, 2.24) is 5.32 Å². The van der Waals surface area contributed by atoms with Crippen molar-refractivity contribution in [3.8, 4) is 0 Å². The lowest BCUT2D eigenvalue weighted by Crippen LogP contribution is -2.43. The minimum Gasteiger partial charge on any atom is -0.307 e. The van der Waals surface area contributed by atoms with Crippen LogP contribution in [0.15, 0.2) is 12.2 Å². The van der Waals surface area contributed by atoms with E-state index in [1.165, 1.54) is 25.7 Å². The van der Waals surface area contributed by atoms with Crippen LogP contribution in [0, 0.1) is 0 Å². The summed E-state index contributed by atoms with van der Waals surface area (Å²) >= 11 is 0. The van der Waals surface area contributed by atoms with Crippen LogP contribution in [0.2, 0.25) is 0 Å². The van der Waals surface area contributed by atoms with Gasteiger partial charge in [0.2, 0.25) is 0 Å². The van der Waals surface area contributed by atoms with Crippen molar-refractivity contribution in [3.05, 3.63) is 12.2 Å². The summed E-state index contributed by atoms with van der Waals surface area (Å²) in [7, 11) is 0. The Bertz CT molecular complexity index is 129. The fraction of sp³-hybridized carbons (Fsp3) is 0.778. The molecule has 1 heteroatoms. The molecule has 1 nitrogen and oxygen atoms in total. The molecule has 1 fully saturated rings. The minimum absolute atomic E-state index is 0. The van der Waals surface area contributed by atoms with E-state index >= 15 is 0 Å². The lowest BCUT2D eigenvalue weighted by atomic mass is 9.92. The summed E-state index contributed by atoms with van der Waals surface area (Å²) in [5.74, 6) is 0. The number of nitrogens with one attached hydrogen (secondary N) is 1. The molecular weight excluding hydrogens is 122 g/mol. The van der Waals surface area contributed by atoms with Gasteiger partial charge in [-0.3, -0.25) is 0 Å². The maximum Gasteiger partial charge on any atom is 0.0252 e. The Morgan fingerprint density at radius 2 is 2.20 bits per heavy atom. The normalized spacial score (nSPS) is 36.8. The van der Waals surface area contributed by atoms with E-state index in [1.807, 2.05) is 0 Å². The van der Waals surface area contributed by atoms with Gasteiger partial charge in [0.1, 0.15) is 0 Å². The first-order chi connectivity index (χ1) is 4.45. The summed E-state index contributed by atoms with van der Waals surface area (Å²) < 4.78 is 0. The number of rotatable bonds is 0. The maximum absolute atomic E-state index is 3.57. The number of hydrogen-bond donors (Lipinski definition) is 1.